The van der Waals surface area contributed by atoms with Crippen molar-refractivity contribution in [3.8, 4) is 5.75 Å². The maximum absolute atomic E-state index is 14.1. The minimum atomic E-state index is -0.621. The number of allylic oxidation sites excluding steroid dienone is 1. The Balaban J connectivity index is 1.49. The molecule has 39 heavy (non-hydrogen) atoms. The van der Waals surface area contributed by atoms with E-state index in [1.165, 1.54) is 0 Å². The molecule has 0 unspecified atom stereocenters. The molecule has 1 N–H and O–H groups in total. The lowest BCUT2D eigenvalue weighted by molar-refractivity contribution is -0.117. The van der Waals surface area contributed by atoms with Crippen LogP contribution in [0.5, 0.6) is 5.75 Å². The highest BCUT2D eigenvalue weighted by Gasteiger charge is 2.41. The van der Waals surface area contributed by atoms with Crippen molar-refractivity contribution in [3.63, 3.8) is 0 Å². The number of nitrogens with zero attached hydrogens (tertiary/aromatic N) is 1. The van der Waals surface area contributed by atoms with Gasteiger partial charge in [-0.25, -0.2) is 0 Å². The summed E-state index contributed by atoms with van der Waals surface area (Å²) in [4.78, 5) is 29.2. The van der Waals surface area contributed by atoms with E-state index in [4.69, 9.17) is 4.74 Å². The van der Waals surface area contributed by atoms with Crippen LogP contribution in [0.25, 0.3) is 0 Å². The number of amides is 1. The van der Waals surface area contributed by atoms with Gasteiger partial charge in [0.25, 0.3) is 0 Å². The van der Waals surface area contributed by atoms with Crippen LogP contribution in [0, 0.1) is 0 Å². The van der Waals surface area contributed by atoms with Crippen LogP contribution < -0.4 is 15.0 Å². The van der Waals surface area contributed by atoms with E-state index in [2.05, 4.69) is 17.4 Å². The Morgan fingerprint density at radius 1 is 0.846 bits per heavy atom. The van der Waals surface area contributed by atoms with Crippen molar-refractivity contribution in [2.75, 3.05) is 10.2 Å². The van der Waals surface area contributed by atoms with E-state index in [0.717, 1.165) is 33.8 Å². The molecule has 1 heterocycles. The lowest BCUT2D eigenvalue weighted by atomic mass is 9.78. The number of hydrogen-bond donors (Lipinski definition) is 1. The lowest BCUT2D eigenvalue weighted by Gasteiger charge is -2.35. The van der Waals surface area contributed by atoms with E-state index < -0.39 is 6.04 Å². The van der Waals surface area contributed by atoms with E-state index in [0.29, 0.717) is 30.8 Å². The third-order valence-corrected chi connectivity index (χ3v) is 7.55. The first-order chi connectivity index (χ1) is 19.1. The Bertz CT molecular complexity index is 1550. The number of Topliss-reactive ketones (excluding diaryl/α,β-unsaturated/α-hetero) is 1. The predicted molar refractivity (Wildman–Crippen MR) is 154 cm³/mol. The predicted octanol–water partition coefficient (Wildman–Crippen LogP) is 7.19. The average molecular weight is 515 g/mol. The monoisotopic (exact) mass is 514 g/mol. The summed E-state index contributed by atoms with van der Waals surface area (Å²) in [5.41, 5.74) is 6.02. The topological polar surface area (TPSA) is 58.6 Å². The Morgan fingerprint density at radius 3 is 2.28 bits per heavy atom. The fourth-order valence-electron chi connectivity index (χ4n) is 5.77. The Morgan fingerprint density at radius 2 is 1.51 bits per heavy atom. The summed E-state index contributed by atoms with van der Waals surface area (Å²) in [6.45, 7) is 1.94. The van der Waals surface area contributed by atoms with Crippen molar-refractivity contribution in [2.45, 2.75) is 38.3 Å². The number of hydrogen-bond acceptors (Lipinski definition) is 4. The normalized spacial score (nSPS) is 18.5. The van der Waals surface area contributed by atoms with Crippen LogP contribution in [0.1, 0.15) is 48.4 Å². The maximum Gasteiger partial charge on any atom is 0.224 e. The highest BCUT2D eigenvalue weighted by atomic mass is 16.5. The molecule has 2 atom stereocenters. The number of benzene rings is 4. The number of nitrogens with one attached hydrogen (secondary N) is 1. The van der Waals surface area contributed by atoms with Gasteiger partial charge in [0.1, 0.15) is 12.4 Å². The molecule has 1 aliphatic heterocycles. The second-order valence-electron chi connectivity index (χ2n) is 10.1. The van der Waals surface area contributed by atoms with Gasteiger partial charge in [-0.15, -0.1) is 0 Å². The van der Waals surface area contributed by atoms with Crippen LogP contribution in [-0.2, 0) is 16.2 Å². The number of ketones is 1. The van der Waals surface area contributed by atoms with E-state index in [9.17, 15) is 9.59 Å². The Kier molecular flexibility index (Phi) is 6.72. The Labute approximate surface area is 228 Å². The summed E-state index contributed by atoms with van der Waals surface area (Å²) in [5.74, 6) is 0.617. The summed E-state index contributed by atoms with van der Waals surface area (Å²) in [5, 5.41) is 3.58. The van der Waals surface area contributed by atoms with Gasteiger partial charge in [0.15, 0.2) is 5.78 Å². The summed E-state index contributed by atoms with van der Waals surface area (Å²) in [7, 11) is 0. The summed E-state index contributed by atoms with van der Waals surface area (Å²) in [6, 6.07) is 35.1. The molecule has 1 amide bonds. The zero-order valence-corrected chi connectivity index (χ0v) is 21.8. The number of fused-ring (bicyclic) bond motifs is 1. The zero-order valence-electron chi connectivity index (χ0n) is 21.8. The number of carbonyl (C=O) groups excluding carboxylic acids is 2. The summed E-state index contributed by atoms with van der Waals surface area (Å²) >= 11 is 0. The van der Waals surface area contributed by atoms with Crippen LogP contribution in [0.15, 0.2) is 120 Å². The molecule has 0 spiro atoms. The zero-order chi connectivity index (χ0) is 26.8. The number of para-hydroxylation sites is 3. The van der Waals surface area contributed by atoms with Crippen LogP contribution in [-0.4, -0.2) is 11.7 Å². The number of ether oxygens (including phenoxy) is 1. The quantitative estimate of drug-likeness (QED) is 0.306. The molecule has 0 radical (unpaired) electrons. The number of carbonyl (C=O) groups is 2. The SMILES string of the molecule is CC(=O)N1c2ccccc2NC2=C(C(=O)C[C@H](c3ccccc3)C2)[C@H]1c1ccccc1OCc1ccccc1. The first kappa shape index (κ1) is 24.7. The molecular weight excluding hydrogens is 484 g/mol. The molecule has 0 fully saturated rings. The molecule has 5 nitrogen and oxygen atoms in total. The van der Waals surface area contributed by atoms with Gasteiger partial charge in [-0.2, -0.15) is 0 Å². The standard InChI is InChI=1S/C34H30N2O3/c1-23(37)36-30-18-10-9-17-28(30)35-29-20-26(25-14-6-3-7-15-25)21-31(38)33(29)34(36)27-16-8-11-19-32(27)39-22-24-12-4-2-5-13-24/h2-19,26,34-35H,20-22H2,1H3/t26-,34-/m1/s1. The van der Waals surface area contributed by atoms with Crippen molar-refractivity contribution in [1.29, 1.82) is 0 Å². The number of anilines is 2. The fourth-order valence-corrected chi connectivity index (χ4v) is 5.77. The molecule has 0 saturated carbocycles. The highest BCUT2D eigenvalue weighted by molar-refractivity contribution is 6.06. The maximum atomic E-state index is 14.1. The highest BCUT2D eigenvalue weighted by Crippen LogP contribution is 2.48. The smallest absolute Gasteiger partial charge is 0.224 e. The van der Waals surface area contributed by atoms with Gasteiger partial charge in [0.05, 0.1) is 17.4 Å². The van der Waals surface area contributed by atoms with E-state index >= 15 is 0 Å². The van der Waals surface area contributed by atoms with Gasteiger partial charge in [-0.05, 0) is 41.7 Å². The van der Waals surface area contributed by atoms with Crippen LogP contribution in [0.3, 0.4) is 0 Å². The third-order valence-electron chi connectivity index (χ3n) is 7.55. The van der Waals surface area contributed by atoms with Gasteiger partial charge < -0.3 is 10.1 Å². The van der Waals surface area contributed by atoms with Gasteiger partial charge in [0, 0.05) is 30.2 Å². The van der Waals surface area contributed by atoms with Gasteiger partial charge in [-0.3, -0.25) is 14.5 Å². The molecule has 0 bridgehead atoms. The second-order valence-corrected chi connectivity index (χ2v) is 10.1. The molecule has 4 aromatic rings. The summed E-state index contributed by atoms with van der Waals surface area (Å²) in [6.07, 6.45) is 1.06. The van der Waals surface area contributed by atoms with E-state index in [-0.39, 0.29) is 17.6 Å². The molecule has 0 saturated heterocycles. The Hall–Kier alpha value is -4.64. The van der Waals surface area contributed by atoms with Crippen molar-refractivity contribution >= 4 is 23.1 Å². The fraction of sp³-hybridized carbons (Fsp3) is 0.176. The molecule has 5 heteroatoms. The van der Waals surface area contributed by atoms with Crippen molar-refractivity contribution in [2.24, 2.45) is 0 Å². The lowest BCUT2D eigenvalue weighted by Crippen LogP contribution is -2.37. The van der Waals surface area contributed by atoms with Crippen LogP contribution in [0.2, 0.25) is 0 Å². The largest absolute Gasteiger partial charge is 0.489 e. The van der Waals surface area contributed by atoms with Gasteiger partial charge in [-0.1, -0.05) is 91.0 Å². The third kappa shape index (κ3) is 4.84. The molecule has 2 aliphatic rings. The van der Waals surface area contributed by atoms with Gasteiger partial charge in [0.2, 0.25) is 5.91 Å². The summed E-state index contributed by atoms with van der Waals surface area (Å²) < 4.78 is 6.35. The molecule has 1 aliphatic carbocycles. The molecule has 6 rings (SSSR count). The average Bonchev–Trinajstić information content (AvgIpc) is 3.12. The molecular formula is C34H30N2O3. The van der Waals surface area contributed by atoms with Crippen molar-refractivity contribution in [3.05, 3.63) is 137 Å². The molecule has 4 aromatic carbocycles. The second kappa shape index (κ2) is 10.6. The number of rotatable bonds is 5. The molecule has 194 valence electrons. The van der Waals surface area contributed by atoms with Crippen LogP contribution in [0.4, 0.5) is 11.4 Å². The minimum absolute atomic E-state index is 0.0412. The van der Waals surface area contributed by atoms with Gasteiger partial charge >= 0.3 is 0 Å². The van der Waals surface area contributed by atoms with E-state index in [1.807, 2.05) is 97.1 Å². The molecule has 0 aromatic heterocycles. The van der Waals surface area contributed by atoms with Crippen molar-refractivity contribution in [1.82, 2.24) is 0 Å². The first-order valence-electron chi connectivity index (χ1n) is 13.3. The van der Waals surface area contributed by atoms with Crippen LogP contribution >= 0.6 is 0 Å². The van der Waals surface area contributed by atoms with E-state index in [1.54, 1.807) is 11.8 Å². The minimum Gasteiger partial charge on any atom is -0.489 e. The van der Waals surface area contributed by atoms with Crippen molar-refractivity contribution < 1.29 is 14.3 Å². The first-order valence-corrected chi connectivity index (χ1v) is 13.3.